The summed E-state index contributed by atoms with van der Waals surface area (Å²) in [6.07, 6.45) is -1.23. The average molecular weight is 615 g/mol. The molecule has 0 amide bonds. The van der Waals surface area contributed by atoms with Crippen LogP contribution in [0.15, 0.2) is 152 Å². The molecular weight excluding hydrogens is 572 g/mol. The van der Waals surface area contributed by atoms with E-state index >= 15 is 0 Å². The van der Waals surface area contributed by atoms with Gasteiger partial charge in [0.15, 0.2) is 0 Å². The molecule has 5 aromatic carbocycles. The van der Waals surface area contributed by atoms with Crippen LogP contribution in [0.4, 0.5) is 0 Å². The van der Waals surface area contributed by atoms with Gasteiger partial charge in [0.05, 0.1) is 39.1 Å². The van der Waals surface area contributed by atoms with E-state index in [-0.39, 0.29) is 12.2 Å². The summed E-state index contributed by atoms with van der Waals surface area (Å²) in [6.45, 7) is 2.13. The minimum Gasteiger partial charge on any atom is -0.374 e. The highest BCUT2D eigenvalue weighted by atomic mass is 16.6. The number of hydrogen-bond donors (Lipinski definition) is 0. The first-order chi connectivity index (χ1) is 22.8. The van der Waals surface area contributed by atoms with E-state index < -0.39 is 18.3 Å². The molecule has 0 unspecified atom stereocenters. The van der Waals surface area contributed by atoms with Crippen LogP contribution in [0.2, 0.25) is 0 Å². The van der Waals surface area contributed by atoms with Gasteiger partial charge in [-0.3, -0.25) is 0 Å². The fourth-order valence-electron chi connectivity index (χ4n) is 5.90. The van der Waals surface area contributed by atoms with E-state index in [1.54, 1.807) is 0 Å². The smallest absolute Gasteiger partial charge is 0.115 e. The summed E-state index contributed by atoms with van der Waals surface area (Å²) < 4.78 is 33.7. The highest BCUT2D eigenvalue weighted by Gasteiger charge is 2.48. The number of ether oxygens (including phenoxy) is 5. The zero-order valence-electron chi connectivity index (χ0n) is 26.1. The minimum atomic E-state index is -0.438. The molecular formula is C41H42O5. The maximum atomic E-state index is 6.96. The molecule has 6 rings (SSSR count). The maximum Gasteiger partial charge on any atom is 0.115 e. The molecule has 5 atom stereocenters. The molecule has 5 nitrogen and oxygen atoms in total. The second-order valence-corrected chi connectivity index (χ2v) is 11.7. The predicted octanol–water partition coefficient (Wildman–Crippen LogP) is 7.97. The van der Waals surface area contributed by atoms with E-state index in [0.717, 1.165) is 22.3 Å². The molecule has 1 heterocycles. The summed E-state index contributed by atoms with van der Waals surface area (Å²) in [6, 6.07) is 51.4. The monoisotopic (exact) mass is 614 g/mol. The van der Waals surface area contributed by atoms with Crippen LogP contribution in [0.3, 0.4) is 0 Å². The molecule has 0 aromatic heterocycles. The number of benzene rings is 5. The highest BCUT2D eigenvalue weighted by Crippen LogP contribution is 2.32. The van der Waals surface area contributed by atoms with Crippen LogP contribution in [-0.2, 0) is 56.5 Å². The molecule has 0 saturated carbocycles. The lowest BCUT2D eigenvalue weighted by molar-refractivity contribution is -0.272. The summed E-state index contributed by atoms with van der Waals surface area (Å²) in [4.78, 5) is 0. The fraction of sp³-hybridized carbons (Fsp3) is 0.268. The van der Waals surface area contributed by atoms with Crippen molar-refractivity contribution >= 4 is 0 Å². The largest absolute Gasteiger partial charge is 0.374 e. The molecule has 5 aromatic rings. The standard InChI is InChI=1S/C41H42O5/c1-6-16-32(17-7-1)26-37-39(43-28-34-20-10-3-11-21-34)41(45-30-36-24-14-5-15-25-36)40(44-29-35-22-12-4-13-23-35)38(46-37)31-42-27-33-18-8-2-9-19-33/h1-25,37-41H,26-31H2/t37-,38+,39-,40+,41+/m0/s1. The van der Waals surface area contributed by atoms with Gasteiger partial charge in [-0.25, -0.2) is 0 Å². The normalized spacial score (nSPS) is 21.2. The van der Waals surface area contributed by atoms with E-state index in [1.807, 2.05) is 78.9 Å². The van der Waals surface area contributed by atoms with Crippen LogP contribution in [0.1, 0.15) is 27.8 Å². The fourth-order valence-corrected chi connectivity index (χ4v) is 5.90. The van der Waals surface area contributed by atoms with Gasteiger partial charge in [-0.1, -0.05) is 152 Å². The Hall–Kier alpha value is -4.10. The van der Waals surface area contributed by atoms with Crippen molar-refractivity contribution in [2.24, 2.45) is 0 Å². The topological polar surface area (TPSA) is 46.2 Å². The van der Waals surface area contributed by atoms with E-state index in [0.29, 0.717) is 39.5 Å². The zero-order chi connectivity index (χ0) is 31.2. The second kappa shape index (κ2) is 17.0. The van der Waals surface area contributed by atoms with Crippen LogP contribution in [-0.4, -0.2) is 37.1 Å². The van der Waals surface area contributed by atoms with Crippen molar-refractivity contribution in [3.05, 3.63) is 179 Å². The van der Waals surface area contributed by atoms with Crippen molar-refractivity contribution in [1.82, 2.24) is 0 Å². The van der Waals surface area contributed by atoms with Gasteiger partial charge in [0.1, 0.15) is 24.4 Å². The van der Waals surface area contributed by atoms with Crippen molar-refractivity contribution in [1.29, 1.82) is 0 Å². The Balaban J connectivity index is 1.31. The molecule has 0 N–H and O–H groups in total. The molecule has 0 bridgehead atoms. The zero-order valence-corrected chi connectivity index (χ0v) is 26.1. The lowest BCUT2D eigenvalue weighted by atomic mass is 9.90. The van der Waals surface area contributed by atoms with Crippen LogP contribution < -0.4 is 0 Å². The summed E-state index contributed by atoms with van der Waals surface area (Å²) in [5, 5.41) is 0. The Labute approximate surface area is 272 Å². The van der Waals surface area contributed by atoms with Crippen molar-refractivity contribution in [3.8, 4) is 0 Å². The van der Waals surface area contributed by atoms with Crippen LogP contribution in [0.5, 0.6) is 0 Å². The lowest BCUT2D eigenvalue weighted by Crippen LogP contribution is -2.61. The summed E-state index contributed by atoms with van der Waals surface area (Å²) in [5.74, 6) is 0. The maximum absolute atomic E-state index is 6.96. The van der Waals surface area contributed by atoms with Crippen molar-refractivity contribution < 1.29 is 23.7 Å². The summed E-state index contributed by atoms with van der Waals surface area (Å²) >= 11 is 0. The molecule has 0 aliphatic carbocycles. The third-order valence-electron chi connectivity index (χ3n) is 8.26. The number of rotatable bonds is 15. The molecule has 1 saturated heterocycles. The van der Waals surface area contributed by atoms with Gasteiger partial charge in [-0.05, 0) is 27.8 Å². The van der Waals surface area contributed by atoms with E-state index in [4.69, 9.17) is 23.7 Å². The van der Waals surface area contributed by atoms with Crippen LogP contribution in [0, 0.1) is 0 Å². The highest BCUT2D eigenvalue weighted by molar-refractivity contribution is 5.19. The molecule has 46 heavy (non-hydrogen) atoms. The third-order valence-corrected chi connectivity index (χ3v) is 8.26. The second-order valence-electron chi connectivity index (χ2n) is 11.7. The van der Waals surface area contributed by atoms with Crippen molar-refractivity contribution in [3.63, 3.8) is 0 Å². The molecule has 0 radical (unpaired) electrons. The molecule has 1 aliphatic heterocycles. The molecule has 5 heteroatoms. The first kappa shape index (κ1) is 31.9. The summed E-state index contributed by atoms with van der Waals surface area (Å²) in [7, 11) is 0. The van der Waals surface area contributed by atoms with Gasteiger partial charge >= 0.3 is 0 Å². The Kier molecular flexibility index (Phi) is 11.8. The average Bonchev–Trinajstić information content (AvgIpc) is 3.12. The molecule has 1 fully saturated rings. The first-order valence-corrected chi connectivity index (χ1v) is 16.1. The SMILES string of the molecule is c1ccc(COC[C@H]2O[C@@H](Cc3ccccc3)[C@H](OCc3ccccc3)[C@@H](OCc3ccccc3)[C@@H]2OCc2ccccc2)cc1. The minimum absolute atomic E-state index is 0.284. The predicted molar refractivity (Wildman–Crippen MR) is 180 cm³/mol. The van der Waals surface area contributed by atoms with Gasteiger partial charge in [0.2, 0.25) is 0 Å². The van der Waals surface area contributed by atoms with Crippen LogP contribution >= 0.6 is 0 Å². The Morgan fingerprint density at radius 2 is 0.717 bits per heavy atom. The van der Waals surface area contributed by atoms with Gasteiger partial charge in [0, 0.05) is 6.42 Å². The van der Waals surface area contributed by atoms with E-state index in [2.05, 4.69) is 72.8 Å². The van der Waals surface area contributed by atoms with Gasteiger partial charge in [0.25, 0.3) is 0 Å². The first-order valence-electron chi connectivity index (χ1n) is 16.1. The van der Waals surface area contributed by atoms with E-state index in [9.17, 15) is 0 Å². The molecule has 1 aliphatic rings. The Bertz CT molecular complexity index is 1530. The summed E-state index contributed by atoms with van der Waals surface area (Å²) in [5.41, 5.74) is 5.56. The van der Waals surface area contributed by atoms with Crippen LogP contribution in [0.25, 0.3) is 0 Å². The van der Waals surface area contributed by atoms with Crippen molar-refractivity contribution in [2.45, 2.75) is 63.4 Å². The van der Waals surface area contributed by atoms with Crippen molar-refractivity contribution in [2.75, 3.05) is 6.61 Å². The molecule has 236 valence electrons. The molecule has 0 spiro atoms. The number of hydrogen-bond acceptors (Lipinski definition) is 5. The van der Waals surface area contributed by atoms with E-state index in [1.165, 1.54) is 5.56 Å². The third kappa shape index (κ3) is 9.23. The van der Waals surface area contributed by atoms with Gasteiger partial charge in [-0.15, -0.1) is 0 Å². The Morgan fingerprint density at radius 3 is 1.15 bits per heavy atom. The van der Waals surface area contributed by atoms with Gasteiger partial charge in [-0.2, -0.15) is 0 Å². The quantitative estimate of drug-likeness (QED) is 0.120. The lowest BCUT2D eigenvalue weighted by Gasteiger charge is -2.46. The van der Waals surface area contributed by atoms with Gasteiger partial charge < -0.3 is 23.7 Å². The Morgan fingerprint density at radius 1 is 0.370 bits per heavy atom.